The molecule has 0 aliphatic rings. The third-order valence-corrected chi connectivity index (χ3v) is 1.79. The Kier molecular flexibility index (Phi) is 3.68. The summed E-state index contributed by atoms with van der Waals surface area (Å²) >= 11 is 0. The fourth-order valence-electron chi connectivity index (χ4n) is 0.986. The number of benzene rings is 1. The SMILES string of the molecule is CN=C(N)/N=C(\N)Nc1ccc(C)cc1. The van der Waals surface area contributed by atoms with E-state index in [2.05, 4.69) is 15.3 Å². The summed E-state index contributed by atoms with van der Waals surface area (Å²) in [6.45, 7) is 2.02. The van der Waals surface area contributed by atoms with Crippen molar-refractivity contribution in [3.05, 3.63) is 29.8 Å². The van der Waals surface area contributed by atoms with Crippen LogP contribution in [0.1, 0.15) is 5.56 Å². The highest BCUT2D eigenvalue weighted by molar-refractivity contribution is 6.00. The van der Waals surface area contributed by atoms with Crippen LogP contribution in [-0.4, -0.2) is 19.0 Å². The van der Waals surface area contributed by atoms with Crippen molar-refractivity contribution in [1.82, 2.24) is 0 Å². The van der Waals surface area contributed by atoms with Crippen LogP contribution in [-0.2, 0) is 0 Å². The van der Waals surface area contributed by atoms with Crippen LogP contribution in [0.3, 0.4) is 0 Å². The topological polar surface area (TPSA) is 88.8 Å². The summed E-state index contributed by atoms with van der Waals surface area (Å²) in [6, 6.07) is 7.79. The summed E-state index contributed by atoms with van der Waals surface area (Å²) in [6.07, 6.45) is 0. The largest absolute Gasteiger partial charge is 0.369 e. The highest BCUT2D eigenvalue weighted by Gasteiger charge is 1.95. The first-order chi connectivity index (χ1) is 7.11. The maximum absolute atomic E-state index is 5.60. The Bertz CT molecular complexity index is 377. The minimum absolute atomic E-state index is 0.145. The molecule has 1 aromatic rings. The van der Waals surface area contributed by atoms with E-state index in [1.54, 1.807) is 7.05 Å². The van der Waals surface area contributed by atoms with Crippen LogP contribution in [0.15, 0.2) is 34.3 Å². The minimum Gasteiger partial charge on any atom is -0.369 e. The van der Waals surface area contributed by atoms with Crippen LogP contribution in [0.5, 0.6) is 0 Å². The fraction of sp³-hybridized carbons (Fsp3) is 0.200. The molecular formula is C10H15N5. The highest BCUT2D eigenvalue weighted by Crippen LogP contribution is 2.07. The van der Waals surface area contributed by atoms with Crippen LogP contribution in [0.4, 0.5) is 5.69 Å². The van der Waals surface area contributed by atoms with Gasteiger partial charge in [0.2, 0.25) is 11.9 Å². The van der Waals surface area contributed by atoms with Crippen molar-refractivity contribution in [2.75, 3.05) is 12.4 Å². The molecule has 0 fully saturated rings. The third-order valence-electron chi connectivity index (χ3n) is 1.79. The predicted octanol–water partition coefficient (Wildman–Crippen LogP) is 0.666. The number of hydrogen-bond donors (Lipinski definition) is 3. The minimum atomic E-state index is 0.145. The van der Waals surface area contributed by atoms with Gasteiger partial charge < -0.3 is 16.8 Å². The number of nitrogens with one attached hydrogen (secondary N) is 1. The lowest BCUT2D eigenvalue weighted by Gasteiger charge is -2.04. The van der Waals surface area contributed by atoms with Gasteiger partial charge in [-0.3, -0.25) is 4.99 Å². The molecule has 5 nitrogen and oxygen atoms in total. The third kappa shape index (κ3) is 3.68. The summed E-state index contributed by atoms with van der Waals surface area (Å²) < 4.78 is 0. The zero-order valence-corrected chi connectivity index (χ0v) is 8.86. The molecule has 5 N–H and O–H groups in total. The average molecular weight is 205 g/mol. The van der Waals surface area contributed by atoms with Crippen LogP contribution >= 0.6 is 0 Å². The lowest BCUT2D eigenvalue weighted by Crippen LogP contribution is -2.26. The van der Waals surface area contributed by atoms with Crippen molar-refractivity contribution in [1.29, 1.82) is 0 Å². The molecule has 0 aromatic heterocycles. The van der Waals surface area contributed by atoms with E-state index in [4.69, 9.17) is 11.5 Å². The number of aliphatic imine (C=N–C) groups is 2. The lowest BCUT2D eigenvalue weighted by molar-refractivity contribution is 1.34. The summed E-state index contributed by atoms with van der Waals surface area (Å²) in [5.74, 6) is 0.370. The predicted molar refractivity (Wildman–Crippen MR) is 64.0 cm³/mol. The van der Waals surface area contributed by atoms with Crippen LogP contribution in [0.2, 0.25) is 0 Å². The first kappa shape index (κ1) is 11.0. The smallest absolute Gasteiger partial charge is 0.218 e. The average Bonchev–Trinajstić information content (AvgIpc) is 2.21. The molecule has 0 unspecified atom stereocenters. The van der Waals surface area contributed by atoms with Gasteiger partial charge in [-0.05, 0) is 19.1 Å². The van der Waals surface area contributed by atoms with E-state index >= 15 is 0 Å². The number of rotatable bonds is 1. The van der Waals surface area contributed by atoms with E-state index in [-0.39, 0.29) is 11.9 Å². The Hall–Kier alpha value is -2.04. The van der Waals surface area contributed by atoms with Crippen LogP contribution < -0.4 is 16.8 Å². The van der Waals surface area contributed by atoms with Crippen LogP contribution in [0.25, 0.3) is 0 Å². The monoisotopic (exact) mass is 205 g/mol. The van der Waals surface area contributed by atoms with Crippen molar-refractivity contribution in [3.63, 3.8) is 0 Å². The first-order valence-corrected chi connectivity index (χ1v) is 4.52. The molecule has 5 heteroatoms. The van der Waals surface area contributed by atoms with Gasteiger partial charge in [0.1, 0.15) is 0 Å². The van der Waals surface area contributed by atoms with E-state index in [1.807, 2.05) is 31.2 Å². The maximum atomic E-state index is 5.60. The van der Waals surface area contributed by atoms with Gasteiger partial charge >= 0.3 is 0 Å². The maximum Gasteiger partial charge on any atom is 0.218 e. The Labute approximate surface area is 88.9 Å². The standard InChI is InChI=1S/C10H15N5/c1-7-3-5-8(6-4-7)14-10(12)15-9(11)13-2/h3-6H,1-2H3,(H5,11,12,13,14,15). The van der Waals surface area contributed by atoms with Gasteiger partial charge in [-0.2, -0.15) is 4.99 Å². The molecule has 0 amide bonds. The first-order valence-electron chi connectivity index (χ1n) is 4.52. The zero-order chi connectivity index (χ0) is 11.3. The summed E-state index contributed by atoms with van der Waals surface area (Å²) in [7, 11) is 1.55. The molecule has 15 heavy (non-hydrogen) atoms. The molecule has 1 rings (SSSR count). The molecule has 0 saturated heterocycles. The molecule has 0 heterocycles. The van der Waals surface area contributed by atoms with Gasteiger partial charge in [-0.25, -0.2) is 0 Å². The molecule has 1 aromatic carbocycles. The molecular weight excluding hydrogens is 190 g/mol. The molecule has 0 aliphatic carbocycles. The Balaban J connectivity index is 2.70. The highest BCUT2D eigenvalue weighted by atomic mass is 15.2. The van der Waals surface area contributed by atoms with E-state index in [1.165, 1.54) is 5.56 Å². The van der Waals surface area contributed by atoms with Crippen molar-refractivity contribution in [2.24, 2.45) is 21.5 Å². The number of nitrogens with zero attached hydrogens (tertiary/aromatic N) is 2. The number of hydrogen-bond acceptors (Lipinski definition) is 1. The quantitative estimate of drug-likeness (QED) is 0.465. The summed E-state index contributed by atoms with van der Waals surface area (Å²) in [4.78, 5) is 7.50. The molecule has 0 radical (unpaired) electrons. The van der Waals surface area contributed by atoms with Gasteiger partial charge in [-0.15, -0.1) is 0 Å². The van der Waals surface area contributed by atoms with Crippen molar-refractivity contribution < 1.29 is 0 Å². The number of guanidine groups is 2. The van der Waals surface area contributed by atoms with Gasteiger partial charge in [0.05, 0.1) is 0 Å². The summed E-state index contributed by atoms with van der Waals surface area (Å²) in [5.41, 5.74) is 13.0. The van der Waals surface area contributed by atoms with Gasteiger partial charge in [0.15, 0.2) is 0 Å². The van der Waals surface area contributed by atoms with Crippen LogP contribution in [0, 0.1) is 6.92 Å². The van der Waals surface area contributed by atoms with E-state index in [9.17, 15) is 0 Å². The second-order valence-electron chi connectivity index (χ2n) is 3.07. The molecule has 0 atom stereocenters. The molecule has 0 bridgehead atoms. The van der Waals surface area contributed by atoms with Crippen molar-refractivity contribution in [3.8, 4) is 0 Å². The fourth-order valence-corrected chi connectivity index (χ4v) is 0.986. The van der Waals surface area contributed by atoms with Crippen molar-refractivity contribution >= 4 is 17.6 Å². The Morgan fingerprint density at radius 3 is 2.33 bits per heavy atom. The van der Waals surface area contributed by atoms with E-state index < -0.39 is 0 Å². The molecule has 0 spiro atoms. The lowest BCUT2D eigenvalue weighted by atomic mass is 10.2. The van der Waals surface area contributed by atoms with Gasteiger partial charge in [0.25, 0.3) is 0 Å². The zero-order valence-electron chi connectivity index (χ0n) is 8.86. The summed E-state index contributed by atoms with van der Waals surface area (Å²) in [5, 5.41) is 2.90. The van der Waals surface area contributed by atoms with Crippen molar-refractivity contribution in [2.45, 2.75) is 6.92 Å². The van der Waals surface area contributed by atoms with Gasteiger partial charge in [-0.1, -0.05) is 17.7 Å². The number of anilines is 1. The Morgan fingerprint density at radius 2 is 1.80 bits per heavy atom. The van der Waals surface area contributed by atoms with E-state index in [0.717, 1.165) is 5.69 Å². The number of nitrogens with two attached hydrogens (primary N) is 2. The second kappa shape index (κ2) is 4.99. The Morgan fingerprint density at radius 1 is 1.20 bits per heavy atom. The van der Waals surface area contributed by atoms with Gasteiger partial charge in [0, 0.05) is 12.7 Å². The van der Waals surface area contributed by atoms with E-state index in [0.29, 0.717) is 0 Å². The molecule has 0 saturated carbocycles. The molecule has 0 aliphatic heterocycles. The molecule has 80 valence electrons. The second-order valence-corrected chi connectivity index (χ2v) is 3.07. The number of aryl methyl sites for hydroxylation is 1. The normalized spacial score (nSPS) is 12.7.